The fraction of sp³-hybridized carbons (Fsp3) is 0.973. The normalized spacial score (nSPS) is 11.5. The molecule has 13 nitrogen and oxygen atoms in total. The van der Waals surface area contributed by atoms with Crippen molar-refractivity contribution in [1.82, 2.24) is 0 Å². The molecule has 0 radical (unpaired) electrons. The van der Waals surface area contributed by atoms with Crippen LogP contribution in [-0.2, 0) is 61.6 Å². The van der Waals surface area contributed by atoms with Crippen LogP contribution in [-0.4, -0.2) is 158 Å². The number of esters is 1. The van der Waals surface area contributed by atoms with Crippen LogP contribution < -0.4 is 0 Å². The third kappa shape index (κ3) is 45.1. The highest BCUT2D eigenvalue weighted by atomic mass is 16.6. The minimum Gasteiger partial charge on any atom is -0.463 e. The molecular weight excluding hydrogens is 652 g/mol. The highest BCUT2D eigenvalue weighted by molar-refractivity contribution is 5.69. The van der Waals surface area contributed by atoms with Crippen molar-refractivity contribution in [2.45, 2.75) is 84.5 Å². The van der Waals surface area contributed by atoms with E-state index in [9.17, 15) is 4.79 Å². The lowest BCUT2D eigenvalue weighted by Gasteiger charge is -2.09. The molecule has 0 fully saturated rings. The smallest absolute Gasteiger partial charge is 0.305 e. The van der Waals surface area contributed by atoms with Crippen molar-refractivity contribution in [1.29, 1.82) is 0 Å². The Hall–Kier alpha value is -0.970. The minimum atomic E-state index is -0.146. The molecule has 300 valence electrons. The zero-order chi connectivity index (χ0) is 36.1. The SMILES string of the molecule is CCCCCCCOCCOCCOCCOCCOCCOCCOCCOCCOCCOCCOCCOC(=O)CCCCCCC. The average Bonchev–Trinajstić information content (AvgIpc) is 3.12. The summed E-state index contributed by atoms with van der Waals surface area (Å²) in [5, 5.41) is 0. The van der Waals surface area contributed by atoms with Crippen molar-refractivity contribution in [3.8, 4) is 0 Å². The van der Waals surface area contributed by atoms with E-state index in [1.807, 2.05) is 0 Å². The summed E-state index contributed by atoms with van der Waals surface area (Å²) >= 11 is 0. The average molecular weight is 727 g/mol. The number of hydrogen-bond acceptors (Lipinski definition) is 13. The summed E-state index contributed by atoms with van der Waals surface area (Å²) < 4.78 is 65.5. The molecule has 0 bridgehead atoms. The van der Waals surface area contributed by atoms with Crippen LogP contribution in [0.5, 0.6) is 0 Å². The number of unbranched alkanes of at least 4 members (excludes halogenated alkanes) is 8. The highest BCUT2D eigenvalue weighted by Crippen LogP contribution is 2.05. The van der Waals surface area contributed by atoms with Crippen LogP contribution in [0.15, 0.2) is 0 Å². The third-order valence-electron chi connectivity index (χ3n) is 7.09. The van der Waals surface area contributed by atoms with Crippen LogP contribution in [0.4, 0.5) is 0 Å². The quantitative estimate of drug-likeness (QED) is 0.0615. The largest absolute Gasteiger partial charge is 0.463 e. The van der Waals surface area contributed by atoms with E-state index in [0.29, 0.717) is 145 Å². The van der Waals surface area contributed by atoms with Gasteiger partial charge in [-0.2, -0.15) is 0 Å². The van der Waals surface area contributed by atoms with E-state index in [4.69, 9.17) is 56.8 Å². The van der Waals surface area contributed by atoms with Crippen LogP contribution in [0.2, 0.25) is 0 Å². The summed E-state index contributed by atoms with van der Waals surface area (Å²) in [4.78, 5) is 11.6. The van der Waals surface area contributed by atoms with Gasteiger partial charge >= 0.3 is 5.97 Å². The van der Waals surface area contributed by atoms with Crippen LogP contribution in [0.1, 0.15) is 84.5 Å². The number of ether oxygens (including phenoxy) is 12. The maximum Gasteiger partial charge on any atom is 0.305 e. The first-order chi connectivity index (χ1) is 24.8. The predicted octanol–water partition coefficient (Wildman–Crippen LogP) is 5.04. The van der Waals surface area contributed by atoms with Gasteiger partial charge in [-0.3, -0.25) is 4.79 Å². The molecule has 0 saturated carbocycles. The van der Waals surface area contributed by atoms with Gasteiger partial charge in [-0.1, -0.05) is 65.2 Å². The Labute approximate surface area is 303 Å². The second kappa shape index (κ2) is 46.1. The summed E-state index contributed by atoms with van der Waals surface area (Å²) in [6.07, 6.45) is 12.3. The lowest BCUT2D eigenvalue weighted by atomic mass is 10.1. The van der Waals surface area contributed by atoms with Crippen molar-refractivity contribution in [2.75, 3.05) is 152 Å². The van der Waals surface area contributed by atoms with Crippen LogP contribution in [0.3, 0.4) is 0 Å². The third-order valence-corrected chi connectivity index (χ3v) is 7.09. The van der Waals surface area contributed by atoms with Gasteiger partial charge in [0.25, 0.3) is 0 Å². The number of rotatable bonds is 45. The maximum atomic E-state index is 11.6. The lowest BCUT2D eigenvalue weighted by molar-refractivity contribution is -0.145. The molecule has 0 heterocycles. The second-order valence-electron chi connectivity index (χ2n) is 11.5. The highest BCUT2D eigenvalue weighted by Gasteiger charge is 2.02. The fourth-order valence-corrected chi connectivity index (χ4v) is 4.27. The molecule has 13 heteroatoms. The summed E-state index contributed by atoms with van der Waals surface area (Å²) in [6, 6.07) is 0. The van der Waals surface area contributed by atoms with Gasteiger partial charge in [0.1, 0.15) is 6.61 Å². The summed E-state index contributed by atoms with van der Waals surface area (Å²) in [6.45, 7) is 16.3. The van der Waals surface area contributed by atoms with Gasteiger partial charge in [0.15, 0.2) is 0 Å². The molecule has 0 saturated heterocycles. The molecule has 0 aromatic rings. The molecule has 0 unspecified atom stereocenters. The molecule has 0 aliphatic heterocycles. The van der Waals surface area contributed by atoms with Crippen LogP contribution in [0.25, 0.3) is 0 Å². The summed E-state index contributed by atoms with van der Waals surface area (Å²) in [7, 11) is 0. The van der Waals surface area contributed by atoms with E-state index in [1.165, 1.54) is 44.9 Å². The Morgan fingerprint density at radius 1 is 0.280 bits per heavy atom. The first kappa shape index (κ1) is 49.0. The molecule has 0 aromatic heterocycles. The van der Waals surface area contributed by atoms with Crippen LogP contribution >= 0.6 is 0 Å². The zero-order valence-electron chi connectivity index (χ0n) is 31.8. The lowest BCUT2D eigenvalue weighted by Crippen LogP contribution is -2.15. The Kier molecular flexibility index (Phi) is 45.2. The molecule has 0 spiro atoms. The second-order valence-corrected chi connectivity index (χ2v) is 11.5. The van der Waals surface area contributed by atoms with Crippen molar-refractivity contribution in [3.05, 3.63) is 0 Å². The number of carbonyl (C=O) groups is 1. The van der Waals surface area contributed by atoms with Gasteiger partial charge in [-0.25, -0.2) is 0 Å². The molecule has 0 aromatic carbocycles. The Morgan fingerprint density at radius 3 is 0.820 bits per heavy atom. The topological polar surface area (TPSA) is 128 Å². The Bertz CT molecular complexity index is 630. The van der Waals surface area contributed by atoms with Gasteiger partial charge < -0.3 is 56.8 Å². The summed E-state index contributed by atoms with van der Waals surface area (Å²) in [5.41, 5.74) is 0. The van der Waals surface area contributed by atoms with E-state index in [2.05, 4.69) is 13.8 Å². The van der Waals surface area contributed by atoms with E-state index in [1.54, 1.807) is 0 Å². The monoisotopic (exact) mass is 727 g/mol. The standard InChI is InChI=1S/C37H74O13/c1-3-5-7-9-11-13-37(38)50-36-35-49-34-33-48-32-31-47-30-29-46-28-27-45-26-25-44-24-23-43-22-21-42-20-19-41-18-17-40-16-15-39-14-12-10-8-6-4-2/h3-36H2,1-2H3. The molecule has 50 heavy (non-hydrogen) atoms. The predicted molar refractivity (Wildman–Crippen MR) is 192 cm³/mol. The zero-order valence-corrected chi connectivity index (χ0v) is 31.8. The first-order valence-electron chi connectivity index (χ1n) is 19.3. The van der Waals surface area contributed by atoms with Crippen molar-refractivity contribution < 1.29 is 61.6 Å². The fourth-order valence-electron chi connectivity index (χ4n) is 4.27. The Morgan fingerprint density at radius 2 is 0.520 bits per heavy atom. The number of hydrogen-bond donors (Lipinski definition) is 0. The molecule has 0 amide bonds. The Balaban J connectivity index is 3.08. The van der Waals surface area contributed by atoms with Crippen molar-refractivity contribution >= 4 is 5.97 Å². The van der Waals surface area contributed by atoms with Gasteiger partial charge in [-0.15, -0.1) is 0 Å². The van der Waals surface area contributed by atoms with Crippen molar-refractivity contribution in [3.63, 3.8) is 0 Å². The van der Waals surface area contributed by atoms with Gasteiger partial charge in [-0.05, 0) is 12.8 Å². The van der Waals surface area contributed by atoms with Crippen molar-refractivity contribution in [2.24, 2.45) is 0 Å². The van der Waals surface area contributed by atoms with Gasteiger partial charge in [0.05, 0.1) is 139 Å². The first-order valence-corrected chi connectivity index (χ1v) is 19.3. The molecule has 0 rings (SSSR count). The maximum absolute atomic E-state index is 11.6. The van der Waals surface area contributed by atoms with E-state index in [0.717, 1.165) is 25.9 Å². The molecule has 0 aliphatic carbocycles. The number of carbonyl (C=O) groups excluding carboxylic acids is 1. The molecule has 0 atom stereocenters. The van der Waals surface area contributed by atoms with E-state index in [-0.39, 0.29) is 12.6 Å². The van der Waals surface area contributed by atoms with Gasteiger partial charge in [0, 0.05) is 13.0 Å². The molecule has 0 aliphatic rings. The van der Waals surface area contributed by atoms with E-state index >= 15 is 0 Å². The minimum absolute atomic E-state index is 0.146. The summed E-state index contributed by atoms with van der Waals surface area (Å²) in [5.74, 6) is -0.146. The molecular formula is C37H74O13. The van der Waals surface area contributed by atoms with Crippen LogP contribution in [0, 0.1) is 0 Å². The van der Waals surface area contributed by atoms with E-state index < -0.39 is 0 Å². The molecule has 0 N–H and O–H groups in total. The van der Waals surface area contributed by atoms with Gasteiger partial charge in [0.2, 0.25) is 0 Å².